The molecule has 3 rings (SSSR count). The number of nitrogens with zero attached hydrogens (tertiary/aromatic N) is 2. The number of piperidine rings is 1. The van der Waals surface area contributed by atoms with E-state index in [0.29, 0.717) is 18.8 Å². The van der Waals surface area contributed by atoms with E-state index in [4.69, 9.17) is 0 Å². The van der Waals surface area contributed by atoms with Crippen LogP contribution >= 0.6 is 0 Å². The third-order valence-corrected chi connectivity index (χ3v) is 5.84. The number of aromatic nitrogens is 2. The van der Waals surface area contributed by atoms with Gasteiger partial charge in [-0.15, -0.1) is 0 Å². The zero-order valence-corrected chi connectivity index (χ0v) is 13.5. The van der Waals surface area contributed by atoms with Crippen molar-refractivity contribution in [2.45, 2.75) is 44.2 Å². The van der Waals surface area contributed by atoms with Gasteiger partial charge in [-0.1, -0.05) is 12.8 Å². The minimum absolute atomic E-state index is 0.0559. The zero-order chi connectivity index (χ0) is 15.7. The number of carbonyl (C=O) groups excluding carboxylic acids is 1. The molecule has 1 amide bonds. The molecule has 2 N–H and O–H groups in total. The van der Waals surface area contributed by atoms with E-state index in [2.05, 4.69) is 15.1 Å². The molecule has 22 heavy (non-hydrogen) atoms. The van der Waals surface area contributed by atoms with Gasteiger partial charge in [0, 0.05) is 25.7 Å². The van der Waals surface area contributed by atoms with Crippen LogP contribution in [0.15, 0.2) is 12.3 Å². The van der Waals surface area contributed by atoms with Gasteiger partial charge < -0.3 is 5.32 Å². The fourth-order valence-electron chi connectivity index (χ4n) is 2.91. The van der Waals surface area contributed by atoms with Crippen LogP contribution in [0.2, 0.25) is 0 Å². The van der Waals surface area contributed by atoms with E-state index in [0.717, 1.165) is 25.0 Å². The highest BCUT2D eigenvalue weighted by molar-refractivity contribution is 7.89. The first-order valence-corrected chi connectivity index (χ1v) is 9.37. The molecule has 0 bridgehead atoms. The van der Waals surface area contributed by atoms with Crippen LogP contribution in [0.5, 0.6) is 0 Å². The fraction of sp³-hybridized carbons (Fsp3) is 0.714. The number of sulfonamides is 1. The molecule has 2 aliphatic rings. The van der Waals surface area contributed by atoms with E-state index in [1.54, 1.807) is 17.9 Å². The smallest absolute Gasteiger partial charge is 0.220 e. The van der Waals surface area contributed by atoms with Crippen molar-refractivity contribution in [2.24, 2.45) is 13.0 Å². The number of amides is 1. The third kappa shape index (κ3) is 3.67. The van der Waals surface area contributed by atoms with E-state index in [-0.39, 0.29) is 23.7 Å². The molecule has 1 aliphatic heterocycles. The Morgan fingerprint density at radius 3 is 2.82 bits per heavy atom. The number of aryl methyl sites for hydroxylation is 1. The first-order valence-electron chi connectivity index (χ1n) is 7.72. The SMILES string of the molecule is Cn1nccc1[C@@H]1NC(=O)CC[C@H]1NS(=O)(=O)CCC1CC1. The lowest BCUT2D eigenvalue weighted by Crippen LogP contribution is -2.51. The first-order chi connectivity index (χ1) is 10.4. The van der Waals surface area contributed by atoms with E-state index in [9.17, 15) is 13.2 Å². The molecule has 2 heterocycles. The van der Waals surface area contributed by atoms with Gasteiger partial charge in [-0.3, -0.25) is 9.48 Å². The van der Waals surface area contributed by atoms with Crippen molar-refractivity contribution < 1.29 is 13.2 Å². The van der Waals surface area contributed by atoms with E-state index >= 15 is 0 Å². The fourth-order valence-corrected chi connectivity index (χ4v) is 4.39. The molecule has 0 radical (unpaired) electrons. The maximum absolute atomic E-state index is 12.3. The summed E-state index contributed by atoms with van der Waals surface area (Å²) in [6.45, 7) is 0. The second kappa shape index (κ2) is 6.00. The minimum Gasteiger partial charge on any atom is -0.346 e. The van der Waals surface area contributed by atoms with Crippen molar-refractivity contribution >= 4 is 15.9 Å². The minimum atomic E-state index is -3.32. The van der Waals surface area contributed by atoms with Crippen LogP contribution in [0.1, 0.15) is 43.8 Å². The lowest BCUT2D eigenvalue weighted by molar-refractivity contribution is -0.123. The Morgan fingerprint density at radius 2 is 2.18 bits per heavy atom. The summed E-state index contributed by atoms with van der Waals surface area (Å²) in [6, 6.07) is 1.11. The molecule has 2 fully saturated rings. The average Bonchev–Trinajstić information content (AvgIpc) is 3.20. The predicted molar refractivity (Wildman–Crippen MR) is 81.4 cm³/mol. The number of carbonyl (C=O) groups is 1. The van der Waals surface area contributed by atoms with Crippen LogP contribution in [0, 0.1) is 5.92 Å². The molecule has 1 aromatic rings. The Balaban J connectivity index is 1.71. The maximum Gasteiger partial charge on any atom is 0.220 e. The summed E-state index contributed by atoms with van der Waals surface area (Å²) in [7, 11) is -1.54. The van der Waals surface area contributed by atoms with Crippen molar-refractivity contribution in [3.05, 3.63) is 18.0 Å². The van der Waals surface area contributed by atoms with Crippen LogP contribution in [0.3, 0.4) is 0 Å². The maximum atomic E-state index is 12.3. The van der Waals surface area contributed by atoms with Crippen molar-refractivity contribution in [1.82, 2.24) is 19.8 Å². The quantitative estimate of drug-likeness (QED) is 0.794. The molecular weight excluding hydrogens is 304 g/mol. The normalized spacial score (nSPS) is 26.0. The number of hydrogen-bond acceptors (Lipinski definition) is 4. The average molecular weight is 326 g/mol. The first kappa shape index (κ1) is 15.5. The number of hydrogen-bond donors (Lipinski definition) is 2. The Bertz CT molecular complexity index is 651. The summed E-state index contributed by atoms with van der Waals surface area (Å²) in [5, 5.41) is 6.99. The lowest BCUT2D eigenvalue weighted by atomic mass is 9.96. The lowest BCUT2D eigenvalue weighted by Gasteiger charge is -2.32. The molecule has 8 heteroatoms. The van der Waals surface area contributed by atoms with Crippen LogP contribution in [0.25, 0.3) is 0 Å². The van der Waals surface area contributed by atoms with E-state index in [1.807, 2.05) is 6.07 Å². The number of nitrogens with one attached hydrogen (secondary N) is 2. The Kier molecular flexibility index (Phi) is 4.22. The van der Waals surface area contributed by atoms with Gasteiger partial charge in [0.2, 0.25) is 15.9 Å². The molecular formula is C14H22N4O3S. The van der Waals surface area contributed by atoms with Crippen molar-refractivity contribution in [3.63, 3.8) is 0 Å². The van der Waals surface area contributed by atoms with Gasteiger partial charge in [-0.25, -0.2) is 13.1 Å². The highest BCUT2D eigenvalue weighted by Crippen LogP contribution is 2.32. The molecule has 7 nitrogen and oxygen atoms in total. The summed E-state index contributed by atoms with van der Waals surface area (Å²) in [4.78, 5) is 11.7. The molecule has 1 saturated heterocycles. The Labute approximate surface area is 130 Å². The number of rotatable bonds is 6. The molecule has 1 aliphatic carbocycles. The second-order valence-corrected chi connectivity index (χ2v) is 8.11. The molecule has 1 saturated carbocycles. The Morgan fingerprint density at radius 1 is 1.41 bits per heavy atom. The molecule has 0 unspecified atom stereocenters. The van der Waals surface area contributed by atoms with Gasteiger partial charge in [0.15, 0.2) is 0 Å². The summed E-state index contributed by atoms with van der Waals surface area (Å²) >= 11 is 0. The topological polar surface area (TPSA) is 93.1 Å². The van der Waals surface area contributed by atoms with Crippen LogP contribution in [0.4, 0.5) is 0 Å². The van der Waals surface area contributed by atoms with E-state index < -0.39 is 10.0 Å². The summed E-state index contributed by atoms with van der Waals surface area (Å²) < 4.78 is 29.0. The van der Waals surface area contributed by atoms with Gasteiger partial charge in [0.05, 0.1) is 17.5 Å². The van der Waals surface area contributed by atoms with Gasteiger partial charge in [0.25, 0.3) is 0 Å². The van der Waals surface area contributed by atoms with Crippen molar-refractivity contribution in [3.8, 4) is 0 Å². The van der Waals surface area contributed by atoms with Gasteiger partial charge >= 0.3 is 0 Å². The summed E-state index contributed by atoms with van der Waals surface area (Å²) in [6.07, 6.45) is 5.51. The second-order valence-electron chi connectivity index (χ2n) is 6.24. The molecule has 122 valence electrons. The molecule has 0 spiro atoms. The molecule has 2 atom stereocenters. The summed E-state index contributed by atoms with van der Waals surface area (Å²) in [5.74, 6) is 0.690. The summed E-state index contributed by atoms with van der Waals surface area (Å²) in [5.41, 5.74) is 0.808. The molecule has 0 aromatic carbocycles. The van der Waals surface area contributed by atoms with Crippen molar-refractivity contribution in [2.75, 3.05) is 5.75 Å². The predicted octanol–water partition coefficient (Wildman–Crippen LogP) is 0.459. The van der Waals surface area contributed by atoms with E-state index in [1.165, 1.54) is 0 Å². The zero-order valence-electron chi connectivity index (χ0n) is 12.7. The van der Waals surface area contributed by atoms with Crippen LogP contribution in [-0.2, 0) is 21.9 Å². The molecule has 1 aromatic heterocycles. The standard InChI is InChI=1S/C14H22N4O3S/c1-18-12(6-8-15-18)14-11(4-5-13(19)16-14)17-22(20,21)9-7-10-2-3-10/h6,8,10-11,14,17H,2-5,7,9H2,1H3,(H,16,19)/t11-,14-/m1/s1. The van der Waals surface area contributed by atoms with Gasteiger partial charge in [-0.05, 0) is 24.8 Å². The largest absolute Gasteiger partial charge is 0.346 e. The van der Waals surface area contributed by atoms with Crippen LogP contribution in [-0.4, -0.2) is 35.9 Å². The highest BCUT2D eigenvalue weighted by atomic mass is 32.2. The third-order valence-electron chi connectivity index (χ3n) is 4.40. The highest BCUT2D eigenvalue weighted by Gasteiger charge is 2.34. The van der Waals surface area contributed by atoms with Crippen LogP contribution < -0.4 is 10.0 Å². The monoisotopic (exact) mass is 326 g/mol. The van der Waals surface area contributed by atoms with Gasteiger partial charge in [-0.2, -0.15) is 5.10 Å². The van der Waals surface area contributed by atoms with Gasteiger partial charge in [0.1, 0.15) is 0 Å². The Hall–Kier alpha value is -1.41. The van der Waals surface area contributed by atoms with Crippen molar-refractivity contribution in [1.29, 1.82) is 0 Å².